The summed E-state index contributed by atoms with van der Waals surface area (Å²) >= 11 is 0. The van der Waals surface area contributed by atoms with Gasteiger partial charge in [0.25, 0.3) is 0 Å². The van der Waals surface area contributed by atoms with Gasteiger partial charge < -0.3 is 15.7 Å². The van der Waals surface area contributed by atoms with Crippen molar-refractivity contribution >= 4 is 0 Å². The zero-order valence-electron chi connectivity index (χ0n) is 11.2. The molecule has 0 bridgehead atoms. The third-order valence-corrected chi connectivity index (χ3v) is 4.95. The van der Waals surface area contributed by atoms with Gasteiger partial charge in [0.15, 0.2) is 0 Å². The molecule has 3 heteroatoms. The highest BCUT2D eigenvalue weighted by atomic mass is 16.3. The van der Waals surface area contributed by atoms with E-state index in [1.165, 1.54) is 25.9 Å². The minimum Gasteiger partial charge on any atom is -0.388 e. The normalized spacial score (nSPS) is 36.5. The Morgan fingerprint density at radius 3 is 2.65 bits per heavy atom. The van der Waals surface area contributed by atoms with E-state index in [-0.39, 0.29) is 0 Å². The van der Waals surface area contributed by atoms with Crippen LogP contribution in [0, 0.1) is 11.8 Å². The first kappa shape index (κ1) is 13.3. The summed E-state index contributed by atoms with van der Waals surface area (Å²) in [6.07, 6.45) is 7.03. The van der Waals surface area contributed by atoms with Gasteiger partial charge in [-0.2, -0.15) is 0 Å². The van der Waals surface area contributed by atoms with Gasteiger partial charge in [0.05, 0.1) is 5.60 Å². The standard InChI is InChI=1S/C14H28N2O/c1-12-4-8-16(9-5-12)10-6-13-3-2-7-14(13,17)11-15/h12-13,17H,2-11,15H2,1H3. The molecule has 0 aromatic carbocycles. The van der Waals surface area contributed by atoms with Crippen LogP contribution in [0.15, 0.2) is 0 Å². The second-order valence-corrected chi connectivity index (χ2v) is 6.21. The Bertz CT molecular complexity index is 238. The molecule has 3 N–H and O–H groups in total. The zero-order valence-corrected chi connectivity index (χ0v) is 11.2. The molecule has 0 spiro atoms. The van der Waals surface area contributed by atoms with E-state index in [0.29, 0.717) is 12.5 Å². The van der Waals surface area contributed by atoms with Crippen molar-refractivity contribution in [2.75, 3.05) is 26.2 Å². The van der Waals surface area contributed by atoms with E-state index in [4.69, 9.17) is 5.73 Å². The molecular formula is C14H28N2O. The minimum atomic E-state index is -0.553. The van der Waals surface area contributed by atoms with Gasteiger partial charge in [0, 0.05) is 6.54 Å². The van der Waals surface area contributed by atoms with Gasteiger partial charge in [-0.3, -0.25) is 0 Å². The van der Waals surface area contributed by atoms with Crippen LogP contribution in [0.25, 0.3) is 0 Å². The maximum atomic E-state index is 10.4. The topological polar surface area (TPSA) is 49.5 Å². The predicted molar refractivity (Wildman–Crippen MR) is 70.8 cm³/mol. The maximum Gasteiger partial charge on any atom is 0.0797 e. The Morgan fingerprint density at radius 1 is 1.29 bits per heavy atom. The van der Waals surface area contributed by atoms with Crippen molar-refractivity contribution in [3.05, 3.63) is 0 Å². The van der Waals surface area contributed by atoms with Crippen LogP contribution >= 0.6 is 0 Å². The Balaban J connectivity index is 1.74. The molecular weight excluding hydrogens is 212 g/mol. The molecule has 2 atom stereocenters. The Hall–Kier alpha value is -0.120. The molecule has 17 heavy (non-hydrogen) atoms. The third-order valence-electron chi connectivity index (χ3n) is 4.95. The van der Waals surface area contributed by atoms with Gasteiger partial charge in [0.1, 0.15) is 0 Å². The van der Waals surface area contributed by atoms with Crippen molar-refractivity contribution in [1.82, 2.24) is 4.90 Å². The molecule has 1 aliphatic carbocycles. The molecule has 1 saturated carbocycles. The third kappa shape index (κ3) is 3.21. The summed E-state index contributed by atoms with van der Waals surface area (Å²) in [5.41, 5.74) is 5.17. The lowest BCUT2D eigenvalue weighted by atomic mass is 9.88. The highest BCUT2D eigenvalue weighted by molar-refractivity contribution is 4.93. The van der Waals surface area contributed by atoms with E-state index >= 15 is 0 Å². The molecule has 1 heterocycles. The highest BCUT2D eigenvalue weighted by Crippen LogP contribution is 2.37. The zero-order chi connectivity index (χ0) is 12.3. The van der Waals surface area contributed by atoms with Crippen LogP contribution in [0.5, 0.6) is 0 Å². The second kappa shape index (κ2) is 5.68. The van der Waals surface area contributed by atoms with Gasteiger partial charge in [-0.15, -0.1) is 0 Å². The van der Waals surface area contributed by atoms with Gasteiger partial charge >= 0.3 is 0 Å². The Morgan fingerprint density at radius 2 is 2.00 bits per heavy atom. The van der Waals surface area contributed by atoms with Crippen LogP contribution in [-0.2, 0) is 0 Å². The van der Waals surface area contributed by atoms with Crippen molar-refractivity contribution < 1.29 is 5.11 Å². The average Bonchev–Trinajstić information content (AvgIpc) is 2.71. The molecule has 2 rings (SSSR count). The summed E-state index contributed by atoms with van der Waals surface area (Å²) in [7, 11) is 0. The number of nitrogens with two attached hydrogens (primary N) is 1. The number of piperidine rings is 1. The lowest BCUT2D eigenvalue weighted by molar-refractivity contribution is 0.00349. The summed E-state index contributed by atoms with van der Waals surface area (Å²) in [4.78, 5) is 2.56. The van der Waals surface area contributed by atoms with Crippen molar-refractivity contribution in [2.45, 2.75) is 51.0 Å². The fourth-order valence-corrected chi connectivity index (χ4v) is 3.43. The van der Waals surface area contributed by atoms with Crippen LogP contribution in [0.4, 0.5) is 0 Å². The van der Waals surface area contributed by atoms with Crippen LogP contribution in [0.2, 0.25) is 0 Å². The fourth-order valence-electron chi connectivity index (χ4n) is 3.43. The molecule has 0 aromatic heterocycles. The van der Waals surface area contributed by atoms with Gasteiger partial charge in [-0.1, -0.05) is 13.3 Å². The molecule has 1 aliphatic heterocycles. The number of rotatable bonds is 4. The minimum absolute atomic E-state index is 0.437. The first-order valence-electron chi connectivity index (χ1n) is 7.29. The van der Waals surface area contributed by atoms with E-state index in [9.17, 15) is 5.11 Å². The highest BCUT2D eigenvalue weighted by Gasteiger charge is 2.39. The molecule has 0 radical (unpaired) electrons. The van der Waals surface area contributed by atoms with Gasteiger partial charge in [-0.05, 0) is 63.6 Å². The van der Waals surface area contributed by atoms with E-state index in [2.05, 4.69) is 11.8 Å². The molecule has 0 amide bonds. The van der Waals surface area contributed by atoms with Crippen LogP contribution in [-0.4, -0.2) is 41.8 Å². The monoisotopic (exact) mass is 240 g/mol. The van der Waals surface area contributed by atoms with Gasteiger partial charge in [0.2, 0.25) is 0 Å². The Labute approximate surface area is 105 Å². The van der Waals surface area contributed by atoms with E-state index in [0.717, 1.165) is 38.1 Å². The van der Waals surface area contributed by atoms with Crippen LogP contribution < -0.4 is 5.73 Å². The van der Waals surface area contributed by atoms with Crippen molar-refractivity contribution in [1.29, 1.82) is 0 Å². The summed E-state index contributed by atoms with van der Waals surface area (Å²) in [6, 6.07) is 0. The maximum absolute atomic E-state index is 10.4. The molecule has 100 valence electrons. The molecule has 3 nitrogen and oxygen atoms in total. The summed E-state index contributed by atoms with van der Waals surface area (Å²) in [6.45, 7) is 6.43. The van der Waals surface area contributed by atoms with Crippen molar-refractivity contribution in [3.63, 3.8) is 0 Å². The average molecular weight is 240 g/mol. The SMILES string of the molecule is CC1CCN(CCC2CCCC2(O)CN)CC1. The number of hydrogen-bond donors (Lipinski definition) is 2. The second-order valence-electron chi connectivity index (χ2n) is 6.21. The number of nitrogens with zero attached hydrogens (tertiary/aromatic N) is 1. The summed E-state index contributed by atoms with van der Waals surface area (Å²) in [5.74, 6) is 1.34. The van der Waals surface area contributed by atoms with E-state index < -0.39 is 5.60 Å². The number of likely N-dealkylation sites (tertiary alicyclic amines) is 1. The number of hydrogen-bond acceptors (Lipinski definition) is 3. The molecule has 1 saturated heterocycles. The number of aliphatic hydroxyl groups is 1. The lowest BCUT2D eigenvalue weighted by Crippen LogP contribution is -2.43. The molecule has 2 fully saturated rings. The molecule has 2 aliphatic rings. The lowest BCUT2D eigenvalue weighted by Gasteiger charge is -2.33. The smallest absolute Gasteiger partial charge is 0.0797 e. The first-order valence-corrected chi connectivity index (χ1v) is 7.29. The Kier molecular flexibility index (Phi) is 4.45. The quantitative estimate of drug-likeness (QED) is 0.785. The van der Waals surface area contributed by atoms with Crippen molar-refractivity contribution in [2.24, 2.45) is 17.6 Å². The first-order chi connectivity index (χ1) is 8.14. The van der Waals surface area contributed by atoms with Crippen LogP contribution in [0.1, 0.15) is 45.4 Å². The fraction of sp³-hybridized carbons (Fsp3) is 1.00. The molecule has 2 unspecified atom stereocenters. The predicted octanol–water partition coefficient (Wildman–Crippen LogP) is 1.60. The van der Waals surface area contributed by atoms with Gasteiger partial charge in [-0.25, -0.2) is 0 Å². The summed E-state index contributed by atoms with van der Waals surface area (Å²) < 4.78 is 0. The van der Waals surface area contributed by atoms with Crippen LogP contribution in [0.3, 0.4) is 0 Å². The van der Waals surface area contributed by atoms with E-state index in [1.807, 2.05) is 0 Å². The van der Waals surface area contributed by atoms with E-state index in [1.54, 1.807) is 0 Å². The molecule has 0 aromatic rings. The largest absolute Gasteiger partial charge is 0.388 e. The van der Waals surface area contributed by atoms with Crippen molar-refractivity contribution in [3.8, 4) is 0 Å². The summed E-state index contributed by atoms with van der Waals surface area (Å²) in [5, 5.41) is 10.4.